The Morgan fingerprint density at radius 2 is 2.11 bits per heavy atom. The monoisotopic (exact) mass is 261 g/mol. The largest absolute Gasteiger partial charge is 0.334 e. The lowest BCUT2D eigenvalue weighted by molar-refractivity contribution is 0.154. The molecule has 1 aromatic heterocycles. The third-order valence-corrected chi connectivity index (χ3v) is 4.93. The minimum atomic E-state index is 0.649. The molecule has 0 aromatic carbocycles. The number of likely N-dealkylation sites (tertiary alicyclic amines) is 1. The Labute approximate surface area is 117 Å². The molecule has 0 spiro atoms. The normalized spacial score (nSPS) is 28.3. The number of aryl methyl sites for hydroxylation is 1. The lowest BCUT2D eigenvalue weighted by Gasteiger charge is -2.34. The summed E-state index contributed by atoms with van der Waals surface area (Å²) in [4.78, 5) is 7.58. The molecule has 0 radical (unpaired) electrons. The average Bonchev–Trinajstić information content (AvgIpc) is 2.83. The van der Waals surface area contributed by atoms with Crippen molar-refractivity contribution in [2.45, 2.75) is 70.9 Å². The Bertz CT molecular complexity index is 424. The quantitative estimate of drug-likeness (QED) is 0.833. The van der Waals surface area contributed by atoms with Crippen molar-refractivity contribution in [2.24, 2.45) is 0 Å². The maximum Gasteiger partial charge on any atom is 0.111 e. The average molecular weight is 261 g/mol. The fraction of sp³-hybridized carbons (Fsp3) is 0.812. The third kappa shape index (κ3) is 2.71. The zero-order valence-electron chi connectivity index (χ0n) is 12.4. The fourth-order valence-electron chi connectivity index (χ4n) is 3.80. The van der Waals surface area contributed by atoms with Crippen LogP contribution in [0.5, 0.6) is 0 Å². The van der Waals surface area contributed by atoms with Gasteiger partial charge in [0.2, 0.25) is 0 Å². The van der Waals surface area contributed by atoms with Crippen LogP contribution in [0, 0.1) is 0 Å². The van der Waals surface area contributed by atoms with E-state index in [0.29, 0.717) is 5.92 Å². The minimum Gasteiger partial charge on any atom is -0.334 e. The molecule has 1 saturated heterocycles. The van der Waals surface area contributed by atoms with E-state index in [1.54, 1.807) is 0 Å². The molecule has 3 heterocycles. The molecule has 3 rings (SSSR count). The molecule has 3 heteroatoms. The van der Waals surface area contributed by atoms with Gasteiger partial charge < -0.3 is 9.47 Å². The molecule has 0 amide bonds. The molecular weight excluding hydrogens is 234 g/mol. The van der Waals surface area contributed by atoms with Crippen LogP contribution in [-0.4, -0.2) is 33.6 Å². The van der Waals surface area contributed by atoms with Crippen LogP contribution in [0.2, 0.25) is 0 Å². The summed E-state index contributed by atoms with van der Waals surface area (Å²) in [6.07, 6.45) is 10.2. The van der Waals surface area contributed by atoms with Crippen LogP contribution in [0.1, 0.15) is 63.4 Å². The topological polar surface area (TPSA) is 21.1 Å². The van der Waals surface area contributed by atoms with Gasteiger partial charge in [0, 0.05) is 31.1 Å². The zero-order chi connectivity index (χ0) is 13.2. The van der Waals surface area contributed by atoms with E-state index in [1.165, 1.54) is 63.3 Å². The van der Waals surface area contributed by atoms with E-state index in [1.807, 2.05) is 0 Å². The van der Waals surface area contributed by atoms with Crippen LogP contribution in [0.25, 0.3) is 0 Å². The van der Waals surface area contributed by atoms with Crippen LogP contribution in [0.4, 0.5) is 0 Å². The van der Waals surface area contributed by atoms with E-state index in [-0.39, 0.29) is 0 Å². The van der Waals surface area contributed by atoms with Gasteiger partial charge in [0.15, 0.2) is 0 Å². The van der Waals surface area contributed by atoms with Crippen molar-refractivity contribution in [3.8, 4) is 0 Å². The number of fused-ring (bicyclic) bond motifs is 1. The Morgan fingerprint density at radius 3 is 2.89 bits per heavy atom. The zero-order valence-corrected chi connectivity index (χ0v) is 12.4. The molecule has 1 fully saturated rings. The predicted molar refractivity (Wildman–Crippen MR) is 78.5 cm³/mol. The number of hydrogen-bond acceptors (Lipinski definition) is 2. The van der Waals surface area contributed by atoms with Gasteiger partial charge in [-0.1, -0.05) is 20.3 Å². The van der Waals surface area contributed by atoms with Crippen molar-refractivity contribution in [1.82, 2.24) is 14.5 Å². The molecule has 2 unspecified atom stereocenters. The van der Waals surface area contributed by atoms with Crippen molar-refractivity contribution in [3.05, 3.63) is 17.7 Å². The predicted octanol–water partition coefficient (Wildman–Crippen LogP) is 3.20. The molecule has 2 aliphatic heterocycles. The van der Waals surface area contributed by atoms with E-state index >= 15 is 0 Å². The number of imidazole rings is 1. The molecule has 0 bridgehead atoms. The summed E-state index contributed by atoms with van der Waals surface area (Å²) in [5, 5.41) is 0. The first-order valence-electron chi connectivity index (χ1n) is 8.08. The highest BCUT2D eigenvalue weighted by Crippen LogP contribution is 2.27. The highest BCUT2D eigenvalue weighted by Gasteiger charge is 2.24. The van der Waals surface area contributed by atoms with E-state index < -0.39 is 0 Å². The van der Waals surface area contributed by atoms with Gasteiger partial charge in [-0.2, -0.15) is 0 Å². The Kier molecular flexibility index (Phi) is 3.92. The molecule has 106 valence electrons. The maximum absolute atomic E-state index is 4.93. The maximum atomic E-state index is 4.93. The van der Waals surface area contributed by atoms with Gasteiger partial charge in [0.05, 0.1) is 5.69 Å². The number of nitrogens with zero attached hydrogens (tertiary/aromatic N) is 3. The number of rotatable bonds is 3. The highest BCUT2D eigenvalue weighted by atomic mass is 15.2. The van der Waals surface area contributed by atoms with Gasteiger partial charge in [-0.05, 0) is 38.8 Å². The van der Waals surface area contributed by atoms with E-state index in [0.717, 1.165) is 12.5 Å². The van der Waals surface area contributed by atoms with E-state index in [4.69, 9.17) is 4.98 Å². The summed E-state index contributed by atoms with van der Waals surface area (Å²) in [6.45, 7) is 8.26. The molecular formula is C16H27N3. The molecule has 0 aliphatic carbocycles. The van der Waals surface area contributed by atoms with Gasteiger partial charge in [0.1, 0.15) is 5.82 Å². The molecule has 19 heavy (non-hydrogen) atoms. The first kappa shape index (κ1) is 13.2. The number of likely N-dealkylation sites (N-methyl/N-ethyl adjacent to an activating group) is 1. The standard InChI is InChI=1S/C16H27N3/c1-3-18-9-5-4-8-15(18)11-14-12-19-10-6-7-13(2)16(19)17-14/h12-13,15H,3-11H2,1-2H3. The van der Waals surface area contributed by atoms with Crippen LogP contribution >= 0.6 is 0 Å². The molecule has 3 nitrogen and oxygen atoms in total. The van der Waals surface area contributed by atoms with Crippen LogP contribution in [0.3, 0.4) is 0 Å². The number of aromatic nitrogens is 2. The molecule has 0 N–H and O–H groups in total. The molecule has 2 aliphatic rings. The lowest BCUT2D eigenvalue weighted by atomic mass is 9.98. The summed E-state index contributed by atoms with van der Waals surface area (Å²) in [6, 6.07) is 0.728. The summed E-state index contributed by atoms with van der Waals surface area (Å²) in [5.74, 6) is 1.98. The number of piperidine rings is 1. The Morgan fingerprint density at radius 1 is 1.21 bits per heavy atom. The van der Waals surface area contributed by atoms with E-state index in [2.05, 4.69) is 29.5 Å². The van der Waals surface area contributed by atoms with Gasteiger partial charge in [-0.25, -0.2) is 4.98 Å². The van der Waals surface area contributed by atoms with Gasteiger partial charge in [-0.15, -0.1) is 0 Å². The Balaban J connectivity index is 1.72. The second-order valence-electron chi connectivity index (χ2n) is 6.31. The number of hydrogen-bond donors (Lipinski definition) is 0. The lowest BCUT2D eigenvalue weighted by Crippen LogP contribution is -2.40. The first-order valence-corrected chi connectivity index (χ1v) is 8.08. The van der Waals surface area contributed by atoms with Crippen molar-refractivity contribution in [2.75, 3.05) is 13.1 Å². The smallest absolute Gasteiger partial charge is 0.111 e. The summed E-state index contributed by atoms with van der Waals surface area (Å²) >= 11 is 0. The second-order valence-corrected chi connectivity index (χ2v) is 6.31. The van der Waals surface area contributed by atoms with Gasteiger partial charge in [-0.3, -0.25) is 0 Å². The third-order valence-electron chi connectivity index (χ3n) is 4.93. The summed E-state index contributed by atoms with van der Waals surface area (Å²) in [7, 11) is 0. The first-order chi connectivity index (χ1) is 9.28. The van der Waals surface area contributed by atoms with Crippen LogP contribution in [-0.2, 0) is 13.0 Å². The second kappa shape index (κ2) is 5.66. The van der Waals surface area contributed by atoms with E-state index in [9.17, 15) is 0 Å². The molecule has 1 aromatic rings. The Hall–Kier alpha value is -0.830. The van der Waals surface area contributed by atoms with Gasteiger partial charge >= 0.3 is 0 Å². The highest BCUT2D eigenvalue weighted by molar-refractivity contribution is 5.11. The fourth-order valence-corrected chi connectivity index (χ4v) is 3.80. The van der Waals surface area contributed by atoms with Crippen molar-refractivity contribution < 1.29 is 0 Å². The summed E-state index contributed by atoms with van der Waals surface area (Å²) < 4.78 is 2.41. The molecule has 0 saturated carbocycles. The van der Waals surface area contributed by atoms with Crippen molar-refractivity contribution >= 4 is 0 Å². The SMILES string of the molecule is CCN1CCCCC1Cc1cn2c(n1)C(C)CCC2. The summed E-state index contributed by atoms with van der Waals surface area (Å²) in [5.41, 5.74) is 1.33. The van der Waals surface area contributed by atoms with Gasteiger partial charge in [0.25, 0.3) is 0 Å². The van der Waals surface area contributed by atoms with Crippen molar-refractivity contribution in [3.63, 3.8) is 0 Å². The van der Waals surface area contributed by atoms with Crippen molar-refractivity contribution in [1.29, 1.82) is 0 Å². The van der Waals surface area contributed by atoms with Crippen LogP contribution < -0.4 is 0 Å². The molecule has 2 atom stereocenters. The van der Waals surface area contributed by atoms with Crippen LogP contribution in [0.15, 0.2) is 6.20 Å². The minimum absolute atomic E-state index is 0.649.